The highest BCUT2D eigenvalue weighted by Gasteiger charge is 2.35. The summed E-state index contributed by atoms with van der Waals surface area (Å²) >= 11 is 0. The summed E-state index contributed by atoms with van der Waals surface area (Å²) in [7, 11) is 0. The topological polar surface area (TPSA) is 59.4 Å². The first-order chi connectivity index (χ1) is 5.95. The van der Waals surface area contributed by atoms with E-state index in [4.69, 9.17) is 10.8 Å². The van der Waals surface area contributed by atoms with Gasteiger partial charge < -0.3 is 15.3 Å². The molecule has 0 spiro atoms. The summed E-state index contributed by atoms with van der Waals surface area (Å²) in [6.07, 6.45) is -4.78. The fraction of sp³-hybridized carbons (Fsp3) is 0.429. The Balaban J connectivity index is 2.87. The van der Waals surface area contributed by atoms with E-state index in [1.807, 2.05) is 0 Å². The Hall–Kier alpha value is -1.01. The minimum Gasteiger partial charge on any atom is -0.459 e. The van der Waals surface area contributed by atoms with E-state index in [0.717, 1.165) is 12.3 Å². The van der Waals surface area contributed by atoms with Gasteiger partial charge in [0.15, 0.2) is 0 Å². The van der Waals surface area contributed by atoms with Crippen molar-refractivity contribution in [2.75, 3.05) is 6.54 Å². The van der Waals surface area contributed by atoms with Crippen LogP contribution in [0.25, 0.3) is 0 Å². The molecule has 0 aromatic carbocycles. The number of hydrogen-bond acceptors (Lipinski definition) is 3. The van der Waals surface area contributed by atoms with Crippen molar-refractivity contribution >= 4 is 0 Å². The molecule has 3 N–H and O–H groups in total. The molecule has 0 aliphatic carbocycles. The van der Waals surface area contributed by atoms with E-state index in [1.165, 1.54) is 0 Å². The number of furan rings is 1. The molecule has 0 bridgehead atoms. The molecule has 0 fully saturated rings. The predicted molar refractivity (Wildman–Crippen MR) is 37.7 cm³/mol. The molecule has 6 heteroatoms. The van der Waals surface area contributed by atoms with Gasteiger partial charge in [0.1, 0.15) is 0 Å². The summed E-state index contributed by atoms with van der Waals surface area (Å²) in [4.78, 5) is 0. The highest BCUT2D eigenvalue weighted by atomic mass is 19.4. The smallest absolute Gasteiger partial charge is 0.449 e. The van der Waals surface area contributed by atoms with Crippen LogP contribution in [0, 0.1) is 0 Å². The van der Waals surface area contributed by atoms with Crippen molar-refractivity contribution in [2.24, 2.45) is 5.73 Å². The van der Waals surface area contributed by atoms with E-state index < -0.39 is 18.0 Å². The van der Waals surface area contributed by atoms with Crippen molar-refractivity contribution in [3.8, 4) is 0 Å². The van der Waals surface area contributed by atoms with Gasteiger partial charge in [0.05, 0.1) is 12.4 Å². The summed E-state index contributed by atoms with van der Waals surface area (Å²) in [5.41, 5.74) is 5.09. The van der Waals surface area contributed by atoms with Crippen LogP contribution in [0.3, 0.4) is 0 Å². The van der Waals surface area contributed by atoms with Crippen molar-refractivity contribution in [1.82, 2.24) is 0 Å². The summed E-state index contributed by atoms with van der Waals surface area (Å²) < 4.78 is 40.1. The molecule has 74 valence electrons. The van der Waals surface area contributed by atoms with Crippen molar-refractivity contribution in [3.05, 3.63) is 23.7 Å². The van der Waals surface area contributed by atoms with E-state index in [2.05, 4.69) is 4.42 Å². The minimum absolute atomic E-state index is 0.0369. The average Bonchev–Trinajstić information content (AvgIpc) is 2.50. The zero-order valence-corrected chi connectivity index (χ0v) is 6.51. The summed E-state index contributed by atoms with van der Waals surface area (Å²) in [6.45, 7) is -0.142. The third kappa shape index (κ3) is 2.22. The van der Waals surface area contributed by atoms with Crippen LogP contribution in [0.15, 0.2) is 16.7 Å². The second-order valence-electron chi connectivity index (χ2n) is 2.49. The first-order valence-electron chi connectivity index (χ1n) is 3.49. The molecule has 1 rings (SSSR count). The molecule has 0 radical (unpaired) electrons. The standard InChI is InChI=1S/C7H8F3NO2/c8-7(9,10)6-1-4(3-13-6)5(12)2-11/h1,3,5,12H,2,11H2. The van der Waals surface area contributed by atoms with Crippen molar-refractivity contribution in [2.45, 2.75) is 12.3 Å². The van der Waals surface area contributed by atoms with E-state index in [9.17, 15) is 13.2 Å². The molecule has 0 saturated heterocycles. The Labute approximate surface area is 72.0 Å². The quantitative estimate of drug-likeness (QED) is 0.747. The van der Waals surface area contributed by atoms with Crippen molar-refractivity contribution in [3.63, 3.8) is 0 Å². The van der Waals surface area contributed by atoms with Gasteiger partial charge in [-0.2, -0.15) is 13.2 Å². The molecular formula is C7H8F3NO2. The molecular weight excluding hydrogens is 187 g/mol. The largest absolute Gasteiger partial charge is 0.459 e. The van der Waals surface area contributed by atoms with Gasteiger partial charge >= 0.3 is 6.18 Å². The zero-order valence-electron chi connectivity index (χ0n) is 6.51. The number of rotatable bonds is 2. The van der Waals surface area contributed by atoms with Crippen LogP contribution in [0.1, 0.15) is 17.4 Å². The van der Waals surface area contributed by atoms with E-state index in [0.29, 0.717) is 0 Å². The van der Waals surface area contributed by atoms with E-state index in [1.54, 1.807) is 0 Å². The Morgan fingerprint density at radius 1 is 1.54 bits per heavy atom. The lowest BCUT2D eigenvalue weighted by Crippen LogP contribution is -2.10. The molecule has 1 aromatic heterocycles. The summed E-state index contributed by atoms with van der Waals surface area (Å²) in [5, 5.41) is 9.06. The van der Waals surface area contributed by atoms with Crippen molar-refractivity contribution in [1.29, 1.82) is 0 Å². The maximum absolute atomic E-state index is 12.0. The Morgan fingerprint density at radius 2 is 2.15 bits per heavy atom. The van der Waals surface area contributed by atoms with Crippen LogP contribution >= 0.6 is 0 Å². The highest BCUT2D eigenvalue weighted by Crippen LogP contribution is 2.31. The van der Waals surface area contributed by atoms with Crippen molar-refractivity contribution < 1.29 is 22.7 Å². The number of halogens is 3. The summed E-state index contributed by atoms with van der Waals surface area (Å²) in [6, 6.07) is 0.734. The van der Waals surface area contributed by atoms with Gasteiger partial charge in [0.2, 0.25) is 5.76 Å². The molecule has 3 nitrogen and oxygen atoms in total. The maximum atomic E-state index is 12.0. The maximum Gasteiger partial charge on any atom is 0.449 e. The second kappa shape index (κ2) is 3.39. The SMILES string of the molecule is NCC(O)c1coc(C(F)(F)F)c1. The van der Waals surface area contributed by atoms with Gasteiger partial charge in [-0.1, -0.05) is 0 Å². The second-order valence-corrected chi connectivity index (χ2v) is 2.49. The number of aliphatic hydroxyl groups excluding tert-OH is 1. The Bertz CT molecular complexity index is 282. The molecule has 0 aliphatic heterocycles. The Morgan fingerprint density at radius 3 is 2.54 bits per heavy atom. The van der Waals surface area contributed by atoms with Gasteiger partial charge in [-0.3, -0.25) is 0 Å². The molecule has 0 aliphatic rings. The number of nitrogens with two attached hydrogens (primary N) is 1. The van der Waals surface area contributed by atoms with E-state index >= 15 is 0 Å². The van der Waals surface area contributed by atoms with Crippen LogP contribution in [0.4, 0.5) is 13.2 Å². The lowest BCUT2D eigenvalue weighted by molar-refractivity contribution is -0.153. The molecule has 1 aromatic rings. The first kappa shape index (κ1) is 10.1. The van der Waals surface area contributed by atoms with Gasteiger partial charge in [-0.15, -0.1) is 0 Å². The molecule has 1 heterocycles. The zero-order chi connectivity index (χ0) is 10.1. The van der Waals surface area contributed by atoms with Crippen LogP contribution in [-0.2, 0) is 6.18 Å². The number of hydrogen-bond donors (Lipinski definition) is 2. The van der Waals surface area contributed by atoms with Gasteiger partial charge in [-0.25, -0.2) is 0 Å². The van der Waals surface area contributed by atoms with Gasteiger partial charge in [0, 0.05) is 12.1 Å². The lowest BCUT2D eigenvalue weighted by Gasteiger charge is -2.02. The van der Waals surface area contributed by atoms with E-state index in [-0.39, 0.29) is 12.1 Å². The lowest BCUT2D eigenvalue weighted by atomic mass is 10.2. The first-order valence-corrected chi connectivity index (χ1v) is 3.49. The summed E-state index contributed by atoms with van der Waals surface area (Å²) in [5.74, 6) is -1.13. The Kier molecular flexibility index (Phi) is 2.63. The minimum atomic E-state index is -4.52. The molecule has 0 saturated carbocycles. The monoisotopic (exact) mass is 195 g/mol. The van der Waals surface area contributed by atoms with Gasteiger partial charge in [0.25, 0.3) is 0 Å². The van der Waals surface area contributed by atoms with Crippen LogP contribution in [-0.4, -0.2) is 11.7 Å². The fourth-order valence-electron chi connectivity index (χ4n) is 0.810. The van der Waals surface area contributed by atoms with Gasteiger partial charge in [-0.05, 0) is 6.07 Å². The predicted octanol–water partition coefficient (Wildman–Crippen LogP) is 1.29. The van der Waals surface area contributed by atoms with Crippen LogP contribution < -0.4 is 5.73 Å². The van der Waals surface area contributed by atoms with Crippen LogP contribution in [0.2, 0.25) is 0 Å². The molecule has 0 amide bonds. The number of alkyl halides is 3. The normalized spacial score (nSPS) is 14.5. The molecule has 1 unspecified atom stereocenters. The highest BCUT2D eigenvalue weighted by molar-refractivity contribution is 5.17. The third-order valence-corrected chi connectivity index (χ3v) is 1.51. The molecule has 1 atom stereocenters. The van der Waals surface area contributed by atoms with Crippen LogP contribution in [0.5, 0.6) is 0 Å². The fourth-order valence-corrected chi connectivity index (χ4v) is 0.810. The average molecular weight is 195 g/mol. The number of aliphatic hydroxyl groups is 1. The molecule has 13 heavy (non-hydrogen) atoms. The third-order valence-electron chi connectivity index (χ3n) is 1.51.